The Kier molecular flexibility index (Phi) is 6.88. The van der Waals surface area contributed by atoms with E-state index in [1.807, 2.05) is 0 Å². The molecule has 2 aromatic heterocycles. The first-order valence-corrected chi connectivity index (χ1v) is 12.3. The van der Waals surface area contributed by atoms with Gasteiger partial charge in [0.1, 0.15) is 22.5 Å². The number of carbonyl (C=O) groups is 1. The predicted octanol–water partition coefficient (Wildman–Crippen LogP) is 4.18. The van der Waals surface area contributed by atoms with Gasteiger partial charge in [0.05, 0.1) is 22.5 Å². The molecule has 0 unspecified atom stereocenters. The van der Waals surface area contributed by atoms with E-state index in [9.17, 15) is 35.2 Å². The van der Waals surface area contributed by atoms with Gasteiger partial charge in [-0.05, 0) is 37.8 Å². The Bertz CT molecular complexity index is 1450. The molecule has 15 heteroatoms. The summed E-state index contributed by atoms with van der Waals surface area (Å²) < 4.78 is 111. The van der Waals surface area contributed by atoms with E-state index in [2.05, 4.69) is 9.72 Å². The molecule has 0 radical (unpaired) electrons. The first kappa shape index (κ1) is 26.7. The molecular weight excluding hydrogens is 530 g/mol. The number of sulfonamides is 1. The molecule has 0 bridgehead atoms. The third-order valence-corrected chi connectivity index (χ3v) is 7.34. The summed E-state index contributed by atoms with van der Waals surface area (Å²) in [6.07, 6.45) is -2.41. The Balaban J connectivity index is 1.86. The zero-order valence-electron chi connectivity index (χ0n) is 19.0. The van der Waals surface area contributed by atoms with E-state index in [4.69, 9.17) is 5.73 Å². The largest absolute Gasteiger partial charge is 0.435 e. The summed E-state index contributed by atoms with van der Waals surface area (Å²) in [6.45, 7) is -2.36. The number of hydrogen-bond donors (Lipinski definition) is 2. The number of aromatic nitrogens is 2. The molecule has 1 aliphatic carbocycles. The van der Waals surface area contributed by atoms with Gasteiger partial charge in [0.2, 0.25) is 10.0 Å². The number of carbonyl (C=O) groups excluding carboxylic acids is 1. The van der Waals surface area contributed by atoms with Crippen LogP contribution in [0.1, 0.15) is 30.1 Å². The van der Waals surface area contributed by atoms with Crippen LogP contribution in [0.5, 0.6) is 5.75 Å². The Morgan fingerprint density at radius 2 is 1.95 bits per heavy atom. The Morgan fingerprint density at radius 3 is 2.46 bits per heavy atom. The zero-order chi connectivity index (χ0) is 27.3. The van der Waals surface area contributed by atoms with Crippen molar-refractivity contribution in [2.24, 2.45) is 11.7 Å². The standard InChI is InChI=1S/C22H20F6N4O4S/c1-10(22(26,27)28)31-37(34,35)13-4-5-15(30-8-13)19-18(20(29)33)17-14(23)6-12(36-21(24)25)7-16(17)32(19)9-11-2-3-11/h4-8,10-11,21,31H,2-3,9H2,1H3,(H2,29,33)/t10-/m0/s1. The summed E-state index contributed by atoms with van der Waals surface area (Å²) in [5, 5.41) is -0.260. The minimum absolute atomic E-state index is 0.00284. The molecule has 1 saturated carbocycles. The molecular formula is C22H20F6N4O4S. The lowest BCUT2D eigenvalue weighted by atomic mass is 10.1. The highest BCUT2D eigenvalue weighted by molar-refractivity contribution is 7.89. The second kappa shape index (κ2) is 9.52. The van der Waals surface area contributed by atoms with Crippen molar-refractivity contribution in [3.63, 3.8) is 0 Å². The number of nitrogens with one attached hydrogen (secondary N) is 1. The zero-order valence-corrected chi connectivity index (χ0v) is 19.8. The van der Waals surface area contributed by atoms with E-state index in [0.29, 0.717) is 13.0 Å². The Hall–Kier alpha value is -3.33. The minimum Gasteiger partial charge on any atom is -0.435 e. The van der Waals surface area contributed by atoms with Crippen LogP contribution in [-0.4, -0.2) is 42.7 Å². The minimum atomic E-state index is -4.82. The second-order valence-corrected chi connectivity index (χ2v) is 10.3. The fraction of sp³-hybridized carbons (Fsp3) is 0.364. The average Bonchev–Trinajstić information content (AvgIpc) is 3.53. The van der Waals surface area contributed by atoms with Crippen LogP contribution in [0.15, 0.2) is 35.4 Å². The summed E-state index contributed by atoms with van der Waals surface area (Å²) in [5.74, 6) is -2.47. The molecule has 4 rings (SSSR count). The number of rotatable bonds is 9. The summed E-state index contributed by atoms with van der Waals surface area (Å²) in [7, 11) is -4.61. The maximum atomic E-state index is 15.1. The average molecular weight is 550 g/mol. The summed E-state index contributed by atoms with van der Waals surface area (Å²) >= 11 is 0. The maximum Gasteiger partial charge on any atom is 0.404 e. The van der Waals surface area contributed by atoms with Crippen molar-refractivity contribution >= 4 is 26.8 Å². The van der Waals surface area contributed by atoms with Gasteiger partial charge in [-0.1, -0.05) is 0 Å². The van der Waals surface area contributed by atoms with Gasteiger partial charge in [-0.2, -0.15) is 26.7 Å². The lowest BCUT2D eigenvalue weighted by molar-refractivity contribution is -0.147. The monoisotopic (exact) mass is 550 g/mol. The van der Waals surface area contributed by atoms with Crippen LogP contribution in [0, 0.1) is 11.7 Å². The van der Waals surface area contributed by atoms with Crippen LogP contribution < -0.4 is 15.2 Å². The van der Waals surface area contributed by atoms with Crippen LogP contribution in [-0.2, 0) is 16.6 Å². The van der Waals surface area contributed by atoms with Gasteiger partial charge in [0.25, 0.3) is 5.91 Å². The predicted molar refractivity (Wildman–Crippen MR) is 119 cm³/mol. The molecule has 2 heterocycles. The quantitative estimate of drug-likeness (QED) is 0.388. The van der Waals surface area contributed by atoms with Gasteiger partial charge in [0.15, 0.2) is 0 Å². The van der Waals surface area contributed by atoms with E-state index < -0.39 is 51.2 Å². The number of ether oxygens (including phenoxy) is 1. The van der Waals surface area contributed by atoms with Crippen molar-refractivity contribution in [1.29, 1.82) is 0 Å². The van der Waals surface area contributed by atoms with Crippen molar-refractivity contribution in [3.05, 3.63) is 41.8 Å². The van der Waals surface area contributed by atoms with E-state index >= 15 is 4.39 Å². The van der Waals surface area contributed by atoms with Crippen molar-refractivity contribution < 1.29 is 44.3 Å². The van der Waals surface area contributed by atoms with E-state index in [1.54, 1.807) is 0 Å². The van der Waals surface area contributed by atoms with E-state index in [-0.39, 0.29) is 40.3 Å². The van der Waals surface area contributed by atoms with E-state index in [0.717, 1.165) is 37.2 Å². The topological polar surface area (TPSA) is 116 Å². The molecule has 1 amide bonds. The van der Waals surface area contributed by atoms with Gasteiger partial charge in [-0.3, -0.25) is 9.78 Å². The Morgan fingerprint density at radius 1 is 1.27 bits per heavy atom. The highest BCUT2D eigenvalue weighted by Gasteiger charge is 2.39. The molecule has 200 valence electrons. The van der Waals surface area contributed by atoms with Gasteiger partial charge >= 0.3 is 12.8 Å². The number of halogens is 6. The first-order valence-electron chi connectivity index (χ1n) is 10.8. The van der Waals surface area contributed by atoms with Crippen molar-refractivity contribution in [1.82, 2.24) is 14.3 Å². The molecule has 3 aromatic rings. The molecule has 0 aliphatic heterocycles. The van der Waals surface area contributed by atoms with Gasteiger partial charge < -0.3 is 15.0 Å². The summed E-state index contributed by atoms with van der Waals surface area (Å²) in [6, 6.07) is 1.55. The van der Waals surface area contributed by atoms with Crippen LogP contribution >= 0.6 is 0 Å². The molecule has 1 aliphatic rings. The SMILES string of the molecule is C[C@H](NS(=O)(=O)c1ccc(-c2c(C(N)=O)c3c(F)cc(OC(F)F)cc3n2CC2CC2)nc1)C(F)(F)F. The normalized spacial score (nSPS) is 15.4. The highest BCUT2D eigenvalue weighted by Crippen LogP contribution is 2.40. The summed E-state index contributed by atoms with van der Waals surface area (Å²) in [4.78, 5) is 15.9. The van der Waals surface area contributed by atoms with Crippen molar-refractivity contribution in [2.75, 3.05) is 0 Å². The number of pyridine rings is 1. The second-order valence-electron chi connectivity index (χ2n) is 8.58. The molecule has 37 heavy (non-hydrogen) atoms. The van der Waals surface area contributed by atoms with Gasteiger partial charge in [0, 0.05) is 30.3 Å². The van der Waals surface area contributed by atoms with Gasteiger partial charge in [-0.25, -0.2) is 12.8 Å². The Labute approximate surface area is 206 Å². The van der Waals surface area contributed by atoms with E-state index in [1.165, 1.54) is 9.29 Å². The third-order valence-electron chi connectivity index (χ3n) is 5.81. The molecule has 3 N–H and O–H groups in total. The highest BCUT2D eigenvalue weighted by atomic mass is 32.2. The van der Waals surface area contributed by atoms with Gasteiger partial charge in [-0.15, -0.1) is 0 Å². The lowest BCUT2D eigenvalue weighted by Crippen LogP contribution is -2.42. The number of hydrogen-bond acceptors (Lipinski definition) is 5. The third kappa shape index (κ3) is 5.51. The molecule has 0 saturated heterocycles. The molecule has 8 nitrogen and oxygen atoms in total. The number of fused-ring (bicyclic) bond motifs is 1. The van der Waals surface area contributed by atoms with Crippen LogP contribution in [0.25, 0.3) is 22.3 Å². The lowest BCUT2D eigenvalue weighted by Gasteiger charge is -2.17. The van der Waals surface area contributed by atoms with Crippen LogP contribution in [0.4, 0.5) is 26.3 Å². The van der Waals surface area contributed by atoms with Crippen LogP contribution in [0.3, 0.4) is 0 Å². The molecule has 0 spiro atoms. The number of alkyl halides is 5. The number of benzene rings is 1. The summed E-state index contributed by atoms with van der Waals surface area (Å²) in [5.41, 5.74) is 5.23. The van der Waals surface area contributed by atoms with Crippen molar-refractivity contribution in [2.45, 2.75) is 50.0 Å². The first-order chi connectivity index (χ1) is 17.2. The number of primary amides is 1. The number of nitrogens with two attached hydrogens (primary N) is 1. The fourth-order valence-corrected chi connectivity index (χ4v) is 5.05. The molecule has 1 atom stereocenters. The van der Waals surface area contributed by atoms with Crippen molar-refractivity contribution in [3.8, 4) is 17.1 Å². The fourth-order valence-electron chi connectivity index (χ4n) is 3.87. The molecule has 1 aromatic carbocycles. The number of amides is 1. The maximum absolute atomic E-state index is 15.1. The number of nitrogens with zero attached hydrogens (tertiary/aromatic N) is 2. The van der Waals surface area contributed by atoms with Crippen LogP contribution in [0.2, 0.25) is 0 Å². The molecule has 1 fully saturated rings. The smallest absolute Gasteiger partial charge is 0.404 e.